The van der Waals surface area contributed by atoms with Crippen molar-refractivity contribution in [3.63, 3.8) is 0 Å². The summed E-state index contributed by atoms with van der Waals surface area (Å²) in [5.74, 6) is -1.53. The standard InChI is InChI=1S/C21H15F2N3O3S/c1-12-9-15(5-6-16(12)23)26-20(28)19-17(7-8-30-19)25(21(26)29)11-18(27)24-14-4-2-3-13(22)10-14/h2-10H,11H2,1H3,(H,24,27). The average molecular weight is 427 g/mol. The van der Waals surface area contributed by atoms with Gasteiger partial charge in [-0.25, -0.2) is 18.1 Å². The van der Waals surface area contributed by atoms with E-state index in [1.54, 1.807) is 11.4 Å². The molecule has 0 aliphatic heterocycles. The summed E-state index contributed by atoms with van der Waals surface area (Å²) in [4.78, 5) is 38.6. The van der Waals surface area contributed by atoms with Crippen LogP contribution in [0.3, 0.4) is 0 Å². The summed E-state index contributed by atoms with van der Waals surface area (Å²) in [6.07, 6.45) is 0. The molecule has 2 aromatic heterocycles. The fourth-order valence-corrected chi connectivity index (χ4v) is 3.97. The number of benzene rings is 2. The topological polar surface area (TPSA) is 73.1 Å². The molecular weight excluding hydrogens is 412 g/mol. The first kappa shape index (κ1) is 19.7. The van der Waals surface area contributed by atoms with E-state index in [1.165, 1.54) is 47.9 Å². The van der Waals surface area contributed by atoms with Crippen molar-refractivity contribution in [2.45, 2.75) is 13.5 Å². The van der Waals surface area contributed by atoms with Gasteiger partial charge in [0.1, 0.15) is 22.9 Å². The van der Waals surface area contributed by atoms with Gasteiger partial charge in [0.05, 0.1) is 11.2 Å². The molecule has 0 saturated heterocycles. The number of halogens is 2. The van der Waals surface area contributed by atoms with E-state index in [4.69, 9.17) is 0 Å². The number of anilines is 1. The van der Waals surface area contributed by atoms with E-state index < -0.39 is 28.8 Å². The summed E-state index contributed by atoms with van der Waals surface area (Å²) in [6.45, 7) is 1.14. The summed E-state index contributed by atoms with van der Waals surface area (Å²) in [6, 6.07) is 10.9. The van der Waals surface area contributed by atoms with Crippen molar-refractivity contribution in [2.24, 2.45) is 0 Å². The van der Waals surface area contributed by atoms with Gasteiger partial charge in [0, 0.05) is 5.69 Å². The van der Waals surface area contributed by atoms with Gasteiger partial charge in [-0.1, -0.05) is 6.07 Å². The Labute approximate surface area is 172 Å². The fourth-order valence-electron chi connectivity index (χ4n) is 3.15. The van der Waals surface area contributed by atoms with Crippen molar-refractivity contribution in [2.75, 3.05) is 5.32 Å². The van der Waals surface area contributed by atoms with E-state index in [0.29, 0.717) is 5.52 Å². The smallest absolute Gasteiger partial charge is 0.324 e. The van der Waals surface area contributed by atoms with Crippen LogP contribution in [0.5, 0.6) is 0 Å². The zero-order valence-corrected chi connectivity index (χ0v) is 16.5. The van der Waals surface area contributed by atoms with Gasteiger partial charge in [0.25, 0.3) is 5.56 Å². The minimum Gasteiger partial charge on any atom is -0.324 e. The van der Waals surface area contributed by atoms with Crippen LogP contribution in [-0.2, 0) is 11.3 Å². The molecule has 2 aromatic carbocycles. The molecule has 4 aromatic rings. The molecule has 4 rings (SSSR count). The quantitative estimate of drug-likeness (QED) is 0.542. The fraction of sp³-hybridized carbons (Fsp3) is 0.0952. The Morgan fingerprint density at radius 1 is 1.10 bits per heavy atom. The lowest BCUT2D eigenvalue weighted by molar-refractivity contribution is -0.116. The average Bonchev–Trinajstić information content (AvgIpc) is 3.18. The number of nitrogens with one attached hydrogen (secondary N) is 1. The van der Waals surface area contributed by atoms with Gasteiger partial charge in [0.2, 0.25) is 5.91 Å². The molecule has 0 bridgehead atoms. The second-order valence-corrected chi connectivity index (χ2v) is 7.55. The molecule has 0 saturated carbocycles. The molecule has 0 fully saturated rings. The lowest BCUT2D eigenvalue weighted by atomic mass is 10.2. The number of aryl methyl sites for hydroxylation is 1. The summed E-state index contributed by atoms with van der Waals surface area (Å²) in [5, 5.41) is 4.18. The maximum Gasteiger partial charge on any atom is 0.336 e. The Balaban J connectivity index is 1.81. The normalized spacial score (nSPS) is 11.0. The molecule has 30 heavy (non-hydrogen) atoms. The first-order valence-corrected chi connectivity index (χ1v) is 9.78. The highest BCUT2D eigenvalue weighted by molar-refractivity contribution is 7.17. The van der Waals surface area contributed by atoms with Gasteiger partial charge < -0.3 is 5.32 Å². The number of carbonyl (C=O) groups is 1. The summed E-state index contributed by atoms with van der Waals surface area (Å²) < 4.78 is 29.4. The lowest BCUT2D eigenvalue weighted by Crippen LogP contribution is -2.40. The molecule has 152 valence electrons. The zero-order valence-electron chi connectivity index (χ0n) is 15.7. The highest BCUT2D eigenvalue weighted by Crippen LogP contribution is 2.18. The minimum absolute atomic E-state index is 0.207. The van der Waals surface area contributed by atoms with Crippen LogP contribution >= 0.6 is 11.3 Å². The van der Waals surface area contributed by atoms with Crippen molar-refractivity contribution in [1.29, 1.82) is 0 Å². The van der Waals surface area contributed by atoms with Crippen LogP contribution < -0.4 is 16.6 Å². The third-order valence-corrected chi connectivity index (χ3v) is 5.46. The largest absolute Gasteiger partial charge is 0.336 e. The second-order valence-electron chi connectivity index (χ2n) is 6.64. The van der Waals surface area contributed by atoms with E-state index in [-0.39, 0.29) is 28.2 Å². The van der Waals surface area contributed by atoms with Crippen LogP contribution in [0.15, 0.2) is 63.5 Å². The number of amides is 1. The maximum atomic E-state index is 13.7. The molecule has 0 unspecified atom stereocenters. The molecule has 1 amide bonds. The summed E-state index contributed by atoms with van der Waals surface area (Å²) in [5.41, 5.74) is -0.223. The molecule has 1 N–H and O–H groups in total. The number of fused-ring (bicyclic) bond motifs is 1. The number of nitrogens with zero attached hydrogens (tertiary/aromatic N) is 2. The van der Waals surface area contributed by atoms with Crippen LogP contribution in [0.4, 0.5) is 14.5 Å². The van der Waals surface area contributed by atoms with Crippen LogP contribution in [0.2, 0.25) is 0 Å². The molecule has 0 radical (unpaired) electrons. The zero-order chi connectivity index (χ0) is 21.4. The highest BCUT2D eigenvalue weighted by Gasteiger charge is 2.18. The van der Waals surface area contributed by atoms with Gasteiger partial charge in [-0.05, 0) is 60.3 Å². The number of hydrogen-bond acceptors (Lipinski definition) is 4. The predicted octanol–water partition coefficient (Wildman–Crippen LogP) is 3.44. The van der Waals surface area contributed by atoms with E-state index >= 15 is 0 Å². The Kier molecular flexibility index (Phi) is 5.04. The molecular formula is C21H15F2N3O3S. The van der Waals surface area contributed by atoms with Crippen molar-refractivity contribution >= 4 is 33.1 Å². The maximum absolute atomic E-state index is 13.7. The first-order valence-electron chi connectivity index (χ1n) is 8.90. The molecule has 0 aliphatic carbocycles. The Hall–Kier alpha value is -3.59. The number of rotatable bonds is 4. The van der Waals surface area contributed by atoms with E-state index in [1.807, 2.05) is 0 Å². The van der Waals surface area contributed by atoms with Crippen molar-refractivity contribution in [3.05, 3.63) is 91.9 Å². The van der Waals surface area contributed by atoms with Crippen molar-refractivity contribution in [3.8, 4) is 5.69 Å². The molecule has 6 nitrogen and oxygen atoms in total. The molecule has 0 spiro atoms. The number of thiophene rings is 1. The minimum atomic E-state index is -0.730. The molecule has 9 heteroatoms. The van der Waals surface area contributed by atoms with Crippen LogP contribution in [-0.4, -0.2) is 15.0 Å². The van der Waals surface area contributed by atoms with Gasteiger partial charge in [0.15, 0.2) is 0 Å². The van der Waals surface area contributed by atoms with Crippen molar-refractivity contribution in [1.82, 2.24) is 9.13 Å². The third-order valence-electron chi connectivity index (χ3n) is 4.56. The molecule has 0 aliphatic rings. The molecule has 0 atom stereocenters. The Morgan fingerprint density at radius 3 is 2.63 bits per heavy atom. The number of carbonyl (C=O) groups excluding carboxylic acids is 1. The van der Waals surface area contributed by atoms with Gasteiger partial charge in [-0.15, -0.1) is 11.3 Å². The van der Waals surface area contributed by atoms with E-state index in [0.717, 1.165) is 22.0 Å². The SMILES string of the molecule is Cc1cc(-n2c(=O)c3sccc3n(CC(=O)Nc3cccc(F)c3)c2=O)ccc1F. The summed E-state index contributed by atoms with van der Waals surface area (Å²) in [7, 11) is 0. The van der Waals surface area contributed by atoms with Gasteiger partial charge in [-0.2, -0.15) is 0 Å². The summed E-state index contributed by atoms with van der Waals surface area (Å²) >= 11 is 1.14. The Morgan fingerprint density at radius 2 is 1.90 bits per heavy atom. The van der Waals surface area contributed by atoms with Crippen LogP contribution in [0.25, 0.3) is 15.9 Å². The predicted molar refractivity (Wildman–Crippen MR) is 111 cm³/mol. The van der Waals surface area contributed by atoms with Gasteiger partial charge in [-0.3, -0.25) is 14.2 Å². The van der Waals surface area contributed by atoms with E-state index in [9.17, 15) is 23.2 Å². The third kappa shape index (κ3) is 3.55. The lowest BCUT2D eigenvalue weighted by Gasteiger charge is -2.13. The van der Waals surface area contributed by atoms with E-state index in [2.05, 4.69) is 5.32 Å². The second kappa shape index (κ2) is 7.68. The first-order chi connectivity index (χ1) is 14.3. The highest BCUT2D eigenvalue weighted by atomic mass is 32.1. The Bertz CT molecular complexity index is 1400. The number of hydrogen-bond donors (Lipinski definition) is 1. The monoisotopic (exact) mass is 427 g/mol. The van der Waals surface area contributed by atoms with Crippen LogP contribution in [0, 0.1) is 18.6 Å². The van der Waals surface area contributed by atoms with Gasteiger partial charge >= 0.3 is 5.69 Å². The number of aromatic nitrogens is 2. The van der Waals surface area contributed by atoms with Crippen LogP contribution in [0.1, 0.15) is 5.56 Å². The van der Waals surface area contributed by atoms with Crippen molar-refractivity contribution < 1.29 is 13.6 Å². The molecule has 2 heterocycles.